The van der Waals surface area contributed by atoms with Crippen LogP contribution in [0.4, 0.5) is 0 Å². The summed E-state index contributed by atoms with van der Waals surface area (Å²) in [6.07, 6.45) is 0.959. The highest BCUT2D eigenvalue weighted by atomic mass is 16.5. The first-order valence-corrected chi connectivity index (χ1v) is 5.15. The Morgan fingerprint density at radius 2 is 2.00 bits per heavy atom. The Morgan fingerprint density at radius 3 is 2.56 bits per heavy atom. The number of hydrogen-bond donors (Lipinski definition) is 1. The number of aliphatic hydroxyl groups excluding tert-OH is 1. The second kappa shape index (κ2) is 6.85. The highest BCUT2D eigenvalue weighted by molar-refractivity contribution is 5.69. The van der Waals surface area contributed by atoms with Crippen LogP contribution in [0.15, 0.2) is 24.3 Å². The summed E-state index contributed by atoms with van der Waals surface area (Å²) >= 11 is 0. The molecule has 4 nitrogen and oxygen atoms in total. The maximum absolute atomic E-state index is 11.1. The van der Waals surface area contributed by atoms with E-state index >= 15 is 0 Å². The maximum Gasteiger partial charge on any atom is 0.306 e. The predicted molar refractivity (Wildman–Crippen MR) is 59.4 cm³/mol. The Kier molecular flexibility index (Phi) is 5.36. The van der Waals surface area contributed by atoms with Crippen LogP contribution in [-0.4, -0.2) is 31.4 Å². The third kappa shape index (κ3) is 4.31. The highest BCUT2D eigenvalue weighted by Gasteiger charge is 2.03. The van der Waals surface area contributed by atoms with Crippen molar-refractivity contribution in [3.63, 3.8) is 0 Å². The van der Waals surface area contributed by atoms with E-state index in [1.165, 1.54) is 0 Å². The Balaban J connectivity index is 2.33. The van der Waals surface area contributed by atoms with E-state index in [0.29, 0.717) is 12.8 Å². The van der Waals surface area contributed by atoms with Gasteiger partial charge in [0.2, 0.25) is 0 Å². The first-order valence-electron chi connectivity index (χ1n) is 5.15. The average Bonchev–Trinajstić information content (AvgIpc) is 2.34. The van der Waals surface area contributed by atoms with Crippen molar-refractivity contribution in [3.8, 4) is 5.75 Å². The smallest absolute Gasteiger partial charge is 0.306 e. The average molecular weight is 224 g/mol. The minimum atomic E-state index is -0.287. The molecule has 16 heavy (non-hydrogen) atoms. The third-order valence-electron chi connectivity index (χ3n) is 2.13. The van der Waals surface area contributed by atoms with Gasteiger partial charge >= 0.3 is 5.97 Å². The summed E-state index contributed by atoms with van der Waals surface area (Å²) in [5.41, 5.74) is 1.06. The van der Waals surface area contributed by atoms with Crippen LogP contribution in [0.2, 0.25) is 0 Å². The van der Waals surface area contributed by atoms with E-state index in [1.54, 1.807) is 7.11 Å². The molecular formula is C12H16O4. The normalized spacial score (nSPS) is 9.88. The monoisotopic (exact) mass is 224 g/mol. The van der Waals surface area contributed by atoms with Crippen molar-refractivity contribution >= 4 is 5.97 Å². The number of esters is 1. The first-order chi connectivity index (χ1) is 7.76. The topological polar surface area (TPSA) is 55.8 Å². The second-order valence-corrected chi connectivity index (χ2v) is 3.29. The van der Waals surface area contributed by atoms with Gasteiger partial charge < -0.3 is 14.6 Å². The fourth-order valence-electron chi connectivity index (χ4n) is 1.27. The molecule has 0 heterocycles. The molecule has 0 aliphatic carbocycles. The zero-order valence-electron chi connectivity index (χ0n) is 9.31. The Hall–Kier alpha value is -1.55. The molecule has 0 aliphatic rings. The van der Waals surface area contributed by atoms with Crippen molar-refractivity contribution in [1.82, 2.24) is 0 Å². The van der Waals surface area contributed by atoms with Gasteiger partial charge in [0.15, 0.2) is 0 Å². The van der Waals surface area contributed by atoms with Crippen molar-refractivity contribution in [2.24, 2.45) is 0 Å². The second-order valence-electron chi connectivity index (χ2n) is 3.29. The van der Waals surface area contributed by atoms with Crippen LogP contribution < -0.4 is 4.74 Å². The summed E-state index contributed by atoms with van der Waals surface area (Å²) in [5, 5.41) is 8.47. The molecule has 0 bridgehead atoms. The minimum absolute atomic E-state index is 0.0709. The number of hydrogen-bond acceptors (Lipinski definition) is 4. The predicted octanol–water partition coefficient (Wildman–Crippen LogP) is 1.16. The number of ether oxygens (including phenoxy) is 2. The van der Waals surface area contributed by atoms with E-state index in [0.717, 1.165) is 11.3 Å². The number of carbonyl (C=O) groups excluding carboxylic acids is 1. The molecule has 1 aromatic carbocycles. The fraction of sp³-hybridized carbons (Fsp3) is 0.417. The molecule has 1 N–H and O–H groups in total. The Labute approximate surface area is 94.8 Å². The quantitative estimate of drug-likeness (QED) is 0.737. The van der Waals surface area contributed by atoms with E-state index in [9.17, 15) is 4.79 Å². The lowest BCUT2D eigenvalue weighted by atomic mass is 10.1. The molecule has 0 fully saturated rings. The third-order valence-corrected chi connectivity index (χ3v) is 2.13. The molecule has 0 atom stereocenters. The van der Waals surface area contributed by atoms with Crippen molar-refractivity contribution in [3.05, 3.63) is 29.8 Å². The van der Waals surface area contributed by atoms with Crippen LogP contribution in [0.1, 0.15) is 12.0 Å². The van der Waals surface area contributed by atoms with E-state index in [1.807, 2.05) is 24.3 Å². The van der Waals surface area contributed by atoms with Crippen LogP contribution in [-0.2, 0) is 16.0 Å². The van der Waals surface area contributed by atoms with Crippen LogP contribution in [0, 0.1) is 0 Å². The summed E-state index contributed by atoms with van der Waals surface area (Å²) in [5.74, 6) is 0.511. The van der Waals surface area contributed by atoms with Gasteiger partial charge in [0.1, 0.15) is 12.4 Å². The van der Waals surface area contributed by atoms with Crippen LogP contribution in [0.5, 0.6) is 5.75 Å². The number of benzene rings is 1. The standard InChI is InChI=1S/C12H16O4/c1-15-11-5-2-10(3-6-11)4-7-12(14)16-9-8-13/h2-3,5-6,13H,4,7-9H2,1H3. The molecule has 0 saturated heterocycles. The molecule has 4 heteroatoms. The fourth-order valence-corrected chi connectivity index (χ4v) is 1.27. The molecule has 0 aromatic heterocycles. The molecule has 0 aliphatic heterocycles. The summed E-state index contributed by atoms with van der Waals surface area (Å²) in [7, 11) is 1.61. The maximum atomic E-state index is 11.1. The highest BCUT2D eigenvalue weighted by Crippen LogP contribution is 2.12. The molecule has 0 unspecified atom stereocenters. The van der Waals surface area contributed by atoms with Crippen molar-refractivity contribution in [1.29, 1.82) is 0 Å². The number of carbonyl (C=O) groups is 1. The number of methoxy groups -OCH3 is 1. The molecule has 1 rings (SSSR count). The molecule has 0 amide bonds. The lowest BCUT2D eigenvalue weighted by Gasteiger charge is -2.04. The number of aliphatic hydroxyl groups is 1. The lowest BCUT2D eigenvalue weighted by Crippen LogP contribution is -2.09. The zero-order valence-corrected chi connectivity index (χ0v) is 9.31. The summed E-state index contributed by atoms with van der Waals surface area (Å²) < 4.78 is 9.77. The molecule has 0 saturated carbocycles. The largest absolute Gasteiger partial charge is 0.497 e. The summed E-state index contributed by atoms with van der Waals surface area (Å²) in [6, 6.07) is 7.54. The van der Waals surface area contributed by atoms with Gasteiger partial charge in [-0.15, -0.1) is 0 Å². The van der Waals surface area contributed by atoms with Crippen LogP contribution in [0.3, 0.4) is 0 Å². The van der Waals surface area contributed by atoms with Gasteiger partial charge in [0.05, 0.1) is 13.7 Å². The molecule has 1 aromatic rings. The Bertz CT molecular complexity index is 318. The van der Waals surface area contributed by atoms with E-state index in [2.05, 4.69) is 0 Å². The van der Waals surface area contributed by atoms with Gasteiger partial charge in [-0.2, -0.15) is 0 Å². The van der Waals surface area contributed by atoms with Gasteiger partial charge in [-0.05, 0) is 24.1 Å². The van der Waals surface area contributed by atoms with Gasteiger partial charge in [0.25, 0.3) is 0 Å². The van der Waals surface area contributed by atoms with Crippen molar-refractivity contribution < 1.29 is 19.4 Å². The molecule has 0 spiro atoms. The Morgan fingerprint density at radius 1 is 1.31 bits per heavy atom. The van der Waals surface area contributed by atoms with Crippen LogP contribution in [0.25, 0.3) is 0 Å². The van der Waals surface area contributed by atoms with Crippen molar-refractivity contribution in [2.45, 2.75) is 12.8 Å². The van der Waals surface area contributed by atoms with E-state index < -0.39 is 0 Å². The van der Waals surface area contributed by atoms with Gasteiger partial charge in [-0.25, -0.2) is 0 Å². The summed E-state index contributed by atoms with van der Waals surface area (Å²) in [4.78, 5) is 11.1. The van der Waals surface area contributed by atoms with Crippen molar-refractivity contribution in [2.75, 3.05) is 20.3 Å². The summed E-state index contributed by atoms with van der Waals surface area (Å²) in [6.45, 7) is -0.0598. The number of rotatable bonds is 6. The minimum Gasteiger partial charge on any atom is -0.497 e. The van der Waals surface area contributed by atoms with E-state index in [-0.39, 0.29) is 19.2 Å². The molecule has 0 radical (unpaired) electrons. The van der Waals surface area contributed by atoms with E-state index in [4.69, 9.17) is 14.6 Å². The molecule has 88 valence electrons. The zero-order chi connectivity index (χ0) is 11.8. The lowest BCUT2D eigenvalue weighted by molar-refractivity contribution is -0.144. The van der Waals surface area contributed by atoms with Gasteiger partial charge in [0, 0.05) is 6.42 Å². The van der Waals surface area contributed by atoms with Gasteiger partial charge in [-0.1, -0.05) is 12.1 Å². The molecular weight excluding hydrogens is 208 g/mol. The van der Waals surface area contributed by atoms with Crippen LogP contribution >= 0.6 is 0 Å². The first kappa shape index (κ1) is 12.5. The van der Waals surface area contributed by atoms with Gasteiger partial charge in [-0.3, -0.25) is 4.79 Å². The number of aryl methyl sites for hydroxylation is 1. The SMILES string of the molecule is COc1ccc(CCC(=O)OCCO)cc1.